The lowest BCUT2D eigenvalue weighted by atomic mass is 9.85. The van der Waals surface area contributed by atoms with Gasteiger partial charge in [0.2, 0.25) is 0 Å². The molecule has 7 heteroatoms. The maximum atomic E-state index is 12.5. The number of carbonyl (C=O) groups is 2. The van der Waals surface area contributed by atoms with E-state index in [-0.39, 0.29) is 35.5 Å². The van der Waals surface area contributed by atoms with E-state index in [2.05, 4.69) is 5.10 Å². The molecule has 1 heterocycles. The number of allylic oxidation sites excluding steroid dienone is 2. The Balaban J connectivity index is 1.59. The number of nitrogens with zero attached hydrogens (tertiary/aromatic N) is 2. The molecule has 1 aliphatic heterocycles. The summed E-state index contributed by atoms with van der Waals surface area (Å²) in [5.74, 6) is -0.239. The number of ether oxygens (including phenoxy) is 1. The molecule has 2 bridgehead atoms. The number of imide groups is 1. The molecule has 0 radical (unpaired) electrons. The molecule has 0 N–H and O–H groups in total. The fourth-order valence-electron chi connectivity index (χ4n) is 3.97. The molecule has 0 aromatic heterocycles. The highest BCUT2D eigenvalue weighted by atomic mass is 35.5. The van der Waals surface area contributed by atoms with Crippen LogP contribution in [0.3, 0.4) is 0 Å². The van der Waals surface area contributed by atoms with Gasteiger partial charge in [-0.15, -0.1) is 0 Å². The molecule has 1 saturated carbocycles. The highest BCUT2D eigenvalue weighted by Crippen LogP contribution is 2.52. The molecule has 2 aliphatic carbocycles. The Morgan fingerprint density at radius 3 is 2.17 bits per heavy atom. The van der Waals surface area contributed by atoms with Crippen LogP contribution in [0.1, 0.15) is 12.0 Å². The van der Waals surface area contributed by atoms with E-state index in [1.165, 1.54) is 13.3 Å². The first-order valence-electron chi connectivity index (χ1n) is 7.64. The quantitative estimate of drug-likeness (QED) is 0.470. The molecular formula is C17H14Cl2N2O3. The minimum atomic E-state index is -0.257. The zero-order valence-electron chi connectivity index (χ0n) is 12.8. The lowest BCUT2D eigenvalue weighted by molar-refractivity contribution is -0.140. The summed E-state index contributed by atoms with van der Waals surface area (Å²) in [6.45, 7) is 0. The zero-order valence-corrected chi connectivity index (χ0v) is 14.3. The van der Waals surface area contributed by atoms with E-state index in [1.807, 2.05) is 12.2 Å². The van der Waals surface area contributed by atoms with Crippen LogP contribution in [0.5, 0.6) is 5.75 Å². The Labute approximate surface area is 148 Å². The van der Waals surface area contributed by atoms with Crippen LogP contribution < -0.4 is 4.74 Å². The molecule has 1 aromatic rings. The lowest BCUT2D eigenvalue weighted by Gasteiger charge is -2.13. The Bertz CT molecular complexity index is 752. The largest absolute Gasteiger partial charge is 0.494 e. The number of carbonyl (C=O) groups excluding carboxylic acids is 2. The molecule has 0 spiro atoms. The number of hydrogen-bond acceptors (Lipinski definition) is 4. The number of hydrazone groups is 1. The van der Waals surface area contributed by atoms with Crippen molar-refractivity contribution in [3.05, 3.63) is 39.9 Å². The summed E-state index contributed by atoms with van der Waals surface area (Å²) in [6.07, 6.45) is 6.41. The maximum Gasteiger partial charge on any atom is 0.254 e. The molecule has 3 aliphatic rings. The van der Waals surface area contributed by atoms with Crippen LogP contribution in [0.2, 0.25) is 10.0 Å². The number of fused-ring (bicyclic) bond motifs is 5. The van der Waals surface area contributed by atoms with E-state index in [0.29, 0.717) is 21.4 Å². The molecule has 2 fully saturated rings. The van der Waals surface area contributed by atoms with Crippen LogP contribution in [0.25, 0.3) is 0 Å². The van der Waals surface area contributed by atoms with E-state index in [4.69, 9.17) is 27.9 Å². The average molecular weight is 365 g/mol. The normalized spacial score (nSPS) is 30.7. The summed E-state index contributed by atoms with van der Waals surface area (Å²) in [7, 11) is 1.48. The second-order valence-corrected chi connectivity index (χ2v) is 7.06. The predicted octanol–water partition coefficient (Wildman–Crippen LogP) is 3.14. The van der Waals surface area contributed by atoms with Gasteiger partial charge in [0.05, 0.1) is 35.2 Å². The predicted molar refractivity (Wildman–Crippen MR) is 90.2 cm³/mol. The van der Waals surface area contributed by atoms with Crippen LogP contribution in [0.15, 0.2) is 29.4 Å². The van der Waals surface area contributed by atoms with Gasteiger partial charge in [0, 0.05) is 0 Å². The minimum Gasteiger partial charge on any atom is -0.494 e. The summed E-state index contributed by atoms with van der Waals surface area (Å²) < 4.78 is 5.09. The fraction of sp³-hybridized carbons (Fsp3) is 0.353. The van der Waals surface area contributed by atoms with Gasteiger partial charge in [-0.25, -0.2) is 0 Å². The zero-order chi connectivity index (χ0) is 17.0. The molecular weight excluding hydrogens is 351 g/mol. The molecule has 1 aromatic carbocycles. The first kappa shape index (κ1) is 15.7. The second-order valence-electron chi connectivity index (χ2n) is 6.25. The van der Waals surface area contributed by atoms with Crippen molar-refractivity contribution >= 4 is 41.2 Å². The number of benzene rings is 1. The van der Waals surface area contributed by atoms with Gasteiger partial charge in [0.1, 0.15) is 0 Å². The third-order valence-corrected chi connectivity index (χ3v) is 5.56. The Kier molecular flexibility index (Phi) is 3.66. The molecule has 1 saturated heterocycles. The third kappa shape index (κ3) is 2.19. The fourth-order valence-corrected chi connectivity index (χ4v) is 4.63. The van der Waals surface area contributed by atoms with E-state index < -0.39 is 0 Å². The summed E-state index contributed by atoms with van der Waals surface area (Å²) in [5.41, 5.74) is 0.588. The Hall–Kier alpha value is -1.85. The number of rotatable bonds is 3. The molecule has 0 unspecified atom stereocenters. The van der Waals surface area contributed by atoms with Crippen molar-refractivity contribution in [2.75, 3.05) is 7.11 Å². The van der Waals surface area contributed by atoms with Crippen LogP contribution in [0, 0.1) is 23.7 Å². The standard InChI is InChI=1S/C17H14Cl2N2O3/c1-24-15-11(18)4-8(5-12(15)19)7-20-21-16(22)13-9-2-3-10(6-9)14(13)17(21)23/h2-5,7,9-10,13-14H,6H2,1H3/t9-,10-,13-,14+/m0/s1. The topological polar surface area (TPSA) is 59.0 Å². The summed E-state index contributed by atoms with van der Waals surface area (Å²) >= 11 is 12.2. The van der Waals surface area contributed by atoms with E-state index in [0.717, 1.165) is 11.4 Å². The first-order chi connectivity index (χ1) is 11.5. The maximum absolute atomic E-state index is 12.5. The third-order valence-electron chi connectivity index (χ3n) is 4.99. The van der Waals surface area contributed by atoms with E-state index in [9.17, 15) is 9.59 Å². The van der Waals surface area contributed by atoms with Crippen LogP contribution in [0.4, 0.5) is 0 Å². The molecule has 5 nitrogen and oxygen atoms in total. The number of methoxy groups -OCH3 is 1. The van der Waals surface area contributed by atoms with Crippen molar-refractivity contribution in [2.45, 2.75) is 6.42 Å². The Morgan fingerprint density at radius 2 is 1.67 bits per heavy atom. The second kappa shape index (κ2) is 5.60. The van der Waals surface area contributed by atoms with Gasteiger partial charge < -0.3 is 4.74 Å². The van der Waals surface area contributed by atoms with E-state index in [1.54, 1.807) is 12.1 Å². The van der Waals surface area contributed by atoms with Gasteiger partial charge in [-0.2, -0.15) is 10.1 Å². The summed E-state index contributed by atoms with van der Waals surface area (Å²) in [5, 5.41) is 5.76. The van der Waals surface area contributed by atoms with Crippen LogP contribution in [-0.2, 0) is 9.59 Å². The number of halogens is 2. The highest BCUT2D eigenvalue weighted by Gasteiger charge is 2.59. The van der Waals surface area contributed by atoms with Crippen molar-refractivity contribution in [3.8, 4) is 5.75 Å². The van der Waals surface area contributed by atoms with Crippen molar-refractivity contribution in [2.24, 2.45) is 28.8 Å². The molecule has 124 valence electrons. The van der Waals surface area contributed by atoms with Gasteiger partial charge >= 0.3 is 0 Å². The lowest BCUT2D eigenvalue weighted by Crippen LogP contribution is -2.28. The number of hydrogen-bond donors (Lipinski definition) is 0. The minimum absolute atomic E-state index is 0.168. The van der Waals surface area contributed by atoms with Gasteiger partial charge in [-0.3, -0.25) is 9.59 Å². The van der Waals surface area contributed by atoms with Gasteiger partial charge in [-0.1, -0.05) is 35.4 Å². The van der Waals surface area contributed by atoms with Crippen LogP contribution in [-0.4, -0.2) is 30.1 Å². The van der Waals surface area contributed by atoms with Crippen molar-refractivity contribution in [1.82, 2.24) is 5.01 Å². The smallest absolute Gasteiger partial charge is 0.254 e. The highest BCUT2D eigenvalue weighted by molar-refractivity contribution is 6.37. The van der Waals surface area contributed by atoms with Crippen molar-refractivity contribution in [3.63, 3.8) is 0 Å². The first-order valence-corrected chi connectivity index (χ1v) is 8.40. The van der Waals surface area contributed by atoms with Crippen LogP contribution >= 0.6 is 23.2 Å². The van der Waals surface area contributed by atoms with Gasteiger partial charge in [0.25, 0.3) is 11.8 Å². The summed E-state index contributed by atoms with van der Waals surface area (Å²) in [4.78, 5) is 25.1. The average Bonchev–Trinajstić information content (AvgIpc) is 3.20. The molecule has 4 rings (SSSR count). The SMILES string of the molecule is COc1c(Cl)cc(C=NN2C(=O)[C@@H]3[C@H](C2=O)[C@H]2C=C[C@H]3C2)cc1Cl. The Morgan fingerprint density at radius 1 is 1.12 bits per heavy atom. The summed E-state index contributed by atoms with van der Waals surface area (Å²) in [6, 6.07) is 3.24. The monoisotopic (exact) mass is 364 g/mol. The van der Waals surface area contributed by atoms with E-state index >= 15 is 0 Å². The molecule has 4 atom stereocenters. The van der Waals surface area contributed by atoms with Gasteiger partial charge in [-0.05, 0) is 36.0 Å². The van der Waals surface area contributed by atoms with Crippen molar-refractivity contribution in [1.29, 1.82) is 0 Å². The molecule has 2 amide bonds. The molecule has 24 heavy (non-hydrogen) atoms. The van der Waals surface area contributed by atoms with Crippen molar-refractivity contribution < 1.29 is 14.3 Å². The van der Waals surface area contributed by atoms with Gasteiger partial charge in [0.15, 0.2) is 5.75 Å². The number of amides is 2.